The van der Waals surface area contributed by atoms with Gasteiger partial charge in [-0.2, -0.15) is 0 Å². The van der Waals surface area contributed by atoms with Crippen LogP contribution in [0.2, 0.25) is 0 Å². The topological polar surface area (TPSA) is 43.2 Å². The van der Waals surface area contributed by atoms with Crippen molar-refractivity contribution in [2.75, 3.05) is 5.32 Å². The lowest BCUT2D eigenvalue weighted by atomic mass is 9.58. The predicted molar refractivity (Wildman–Crippen MR) is 284 cm³/mol. The molecule has 0 fully saturated rings. The van der Waals surface area contributed by atoms with Crippen LogP contribution in [0.25, 0.3) is 103 Å². The molecule has 320 valence electrons. The molecule has 0 saturated heterocycles. The predicted octanol–water partition coefficient (Wildman–Crippen LogP) is 15.7. The van der Waals surface area contributed by atoms with Gasteiger partial charge in [0.1, 0.15) is 22.3 Å². The molecular formula is C60H49BN2O2S. The molecule has 0 bridgehead atoms. The Morgan fingerprint density at radius 1 is 0.606 bits per heavy atom. The van der Waals surface area contributed by atoms with E-state index in [0.717, 1.165) is 80.9 Å². The molecule has 1 N–H and O–H groups in total. The third-order valence-electron chi connectivity index (χ3n) is 15.6. The van der Waals surface area contributed by atoms with Crippen molar-refractivity contribution in [1.29, 1.82) is 0 Å². The highest BCUT2D eigenvalue weighted by Crippen LogP contribution is 2.52. The average molecular weight is 873 g/mol. The number of hydrogen-bond acceptors (Lipinski definition) is 4. The molecule has 14 rings (SSSR count). The highest BCUT2D eigenvalue weighted by molar-refractivity contribution is 7.26. The summed E-state index contributed by atoms with van der Waals surface area (Å²) >= 11 is 1.90. The average Bonchev–Trinajstić information content (AvgIpc) is 4.06. The SMILES string of the molecule is CC(C)(C)c1ccc(Nc2cc3c(cc2-c2c4c5c(c6cc7c(cc6n5-c5cc6c(cc5B4)sc4ccccc46)C(C)(C)CCC7(C)C)c4oc5ccccc5c24)oc2ccccc23)cc1. The van der Waals surface area contributed by atoms with Crippen LogP contribution < -0.4 is 16.2 Å². The molecular weight excluding hydrogens is 824 g/mol. The second-order valence-corrected chi connectivity index (χ2v) is 22.7. The number of hydrogen-bond donors (Lipinski definition) is 1. The lowest BCUT2D eigenvalue weighted by Crippen LogP contribution is -2.37. The maximum Gasteiger partial charge on any atom is 0.198 e. The van der Waals surface area contributed by atoms with Crippen molar-refractivity contribution >= 4 is 127 Å². The van der Waals surface area contributed by atoms with Gasteiger partial charge in [-0.25, -0.2) is 0 Å². The second-order valence-electron chi connectivity index (χ2n) is 21.6. The quantitative estimate of drug-likeness (QED) is 0.180. The second kappa shape index (κ2) is 13.0. The third kappa shape index (κ3) is 5.28. The first-order chi connectivity index (χ1) is 31.8. The first-order valence-corrected chi connectivity index (χ1v) is 24.4. The fourth-order valence-electron chi connectivity index (χ4n) is 12.0. The Bertz CT molecular complexity index is 4090. The van der Waals surface area contributed by atoms with Gasteiger partial charge < -0.3 is 18.7 Å². The van der Waals surface area contributed by atoms with Crippen molar-refractivity contribution in [2.45, 2.75) is 77.6 Å². The van der Waals surface area contributed by atoms with E-state index in [-0.39, 0.29) is 16.2 Å². The summed E-state index contributed by atoms with van der Waals surface area (Å²) in [4.78, 5) is 0. The van der Waals surface area contributed by atoms with E-state index >= 15 is 0 Å². The molecule has 0 spiro atoms. The van der Waals surface area contributed by atoms with Gasteiger partial charge in [0.2, 0.25) is 0 Å². The number of nitrogens with one attached hydrogen (secondary N) is 1. The summed E-state index contributed by atoms with van der Waals surface area (Å²) in [7, 11) is 0.770. The first kappa shape index (κ1) is 38.5. The molecule has 0 atom stereocenters. The molecule has 5 heterocycles. The van der Waals surface area contributed by atoms with Crippen LogP contribution in [0.1, 0.15) is 78.0 Å². The largest absolute Gasteiger partial charge is 0.456 e. The van der Waals surface area contributed by atoms with Gasteiger partial charge in [-0.05, 0) is 124 Å². The van der Waals surface area contributed by atoms with Crippen molar-refractivity contribution in [2.24, 2.45) is 0 Å². The standard InChI is InChI=1S/C60H49BN2O2S/c1-58(2,3)32-20-22-33(23-21-32)62-44-27-37-34-14-8-11-17-47(34)64-49(37)29-39(44)52-53-36-16-9-12-18-48(36)65-57(53)54-40-26-41-42(60(6,7)25-24-59(41,4)5)30-45(40)63-46-28-38-35-15-10-13-19-50(35)66-51(38)31-43(46)61-55(52)56(54)63/h8-23,26-31,61-62H,24-25H2,1-7H3. The molecule has 66 heavy (non-hydrogen) atoms. The van der Waals surface area contributed by atoms with Crippen molar-refractivity contribution in [3.05, 3.63) is 150 Å². The van der Waals surface area contributed by atoms with E-state index in [9.17, 15) is 0 Å². The molecule has 0 amide bonds. The zero-order valence-corrected chi connectivity index (χ0v) is 39.3. The summed E-state index contributed by atoms with van der Waals surface area (Å²) in [5.74, 6) is 0. The third-order valence-corrected chi connectivity index (χ3v) is 16.7. The minimum absolute atomic E-state index is 0.0384. The molecule has 6 heteroatoms. The van der Waals surface area contributed by atoms with Crippen LogP contribution in [-0.4, -0.2) is 11.8 Å². The van der Waals surface area contributed by atoms with Gasteiger partial charge >= 0.3 is 0 Å². The van der Waals surface area contributed by atoms with Gasteiger partial charge in [0, 0.05) is 69.7 Å². The van der Waals surface area contributed by atoms with Crippen LogP contribution in [0.15, 0.2) is 142 Å². The molecule has 0 radical (unpaired) electrons. The number of thiophene rings is 1. The number of rotatable bonds is 3. The zero-order chi connectivity index (χ0) is 44.6. The minimum atomic E-state index is 0.0384. The van der Waals surface area contributed by atoms with Gasteiger partial charge in [0.15, 0.2) is 7.28 Å². The summed E-state index contributed by atoms with van der Waals surface area (Å²) in [6, 6.07) is 49.7. The fourth-order valence-corrected chi connectivity index (χ4v) is 13.1. The minimum Gasteiger partial charge on any atom is -0.456 e. The van der Waals surface area contributed by atoms with Crippen LogP contribution in [-0.2, 0) is 16.2 Å². The molecule has 2 aliphatic rings. The van der Waals surface area contributed by atoms with Gasteiger partial charge in [0.25, 0.3) is 0 Å². The van der Waals surface area contributed by atoms with Crippen LogP contribution in [0, 0.1) is 0 Å². The normalized spacial score (nSPS) is 15.4. The van der Waals surface area contributed by atoms with Gasteiger partial charge in [0.05, 0.1) is 16.4 Å². The number of furan rings is 2. The van der Waals surface area contributed by atoms with Crippen molar-refractivity contribution < 1.29 is 8.83 Å². The Morgan fingerprint density at radius 3 is 2.05 bits per heavy atom. The monoisotopic (exact) mass is 872 g/mol. The van der Waals surface area contributed by atoms with Crippen molar-refractivity contribution in [3.8, 4) is 16.8 Å². The van der Waals surface area contributed by atoms with E-state index < -0.39 is 0 Å². The Kier molecular flexibility index (Phi) is 7.58. The van der Waals surface area contributed by atoms with E-state index in [0.29, 0.717) is 0 Å². The summed E-state index contributed by atoms with van der Waals surface area (Å²) in [6.45, 7) is 16.6. The number of nitrogens with zero attached hydrogens (tertiary/aromatic N) is 1. The highest BCUT2D eigenvalue weighted by atomic mass is 32.1. The Hall–Kier alpha value is -6.76. The number of anilines is 2. The van der Waals surface area contributed by atoms with Crippen LogP contribution in [0.4, 0.5) is 11.4 Å². The van der Waals surface area contributed by atoms with E-state index in [1.807, 2.05) is 11.3 Å². The van der Waals surface area contributed by atoms with Gasteiger partial charge in [-0.15, -0.1) is 11.3 Å². The molecule has 0 unspecified atom stereocenters. The number of para-hydroxylation sites is 2. The highest BCUT2D eigenvalue weighted by Gasteiger charge is 2.40. The molecule has 4 aromatic heterocycles. The molecule has 4 nitrogen and oxygen atoms in total. The maximum atomic E-state index is 7.30. The van der Waals surface area contributed by atoms with Gasteiger partial charge in [-0.1, -0.05) is 121 Å². The van der Waals surface area contributed by atoms with E-state index in [1.54, 1.807) is 0 Å². The van der Waals surface area contributed by atoms with Gasteiger partial charge in [-0.3, -0.25) is 0 Å². The summed E-state index contributed by atoms with van der Waals surface area (Å²) in [6.07, 6.45) is 2.30. The molecule has 12 aromatic rings. The van der Waals surface area contributed by atoms with Crippen LogP contribution in [0.3, 0.4) is 0 Å². The smallest absolute Gasteiger partial charge is 0.198 e. The summed E-state index contributed by atoms with van der Waals surface area (Å²) in [5.41, 5.74) is 18.7. The zero-order valence-electron chi connectivity index (χ0n) is 38.5. The lowest BCUT2D eigenvalue weighted by molar-refractivity contribution is 0.332. The molecule has 0 saturated carbocycles. The maximum absolute atomic E-state index is 7.30. The Labute approximate surface area is 388 Å². The molecule has 1 aliphatic carbocycles. The van der Waals surface area contributed by atoms with Crippen LogP contribution >= 0.6 is 11.3 Å². The van der Waals surface area contributed by atoms with Crippen molar-refractivity contribution in [1.82, 2.24) is 4.57 Å². The van der Waals surface area contributed by atoms with Crippen LogP contribution in [0.5, 0.6) is 0 Å². The Balaban J connectivity index is 1.17. The van der Waals surface area contributed by atoms with Crippen molar-refractivity contribution in [3.63, 3.8) is 0 Å². The fraction of sp³-hybridized carbons (Fsp3) is 0.200. The summed E-state index contributed by atoms with van der Waals surface area (Å²) in [5, 5.41) is 13.6. The number of fused-ring (bicyclic) bond motifs is 16. The van der Waals surface area contributed by atoms with E-state index in [2.05, 4.69) is 192 Å². The first-order valence-electron chi connectivity index (χ1n) is 23.6. The molecule has 8 aromatic carbocycles. The number of benzene rings is 8. The lowest BCUT2D eigenvalue weighted by Gasteiger charge is -2.42. The summed E-state index contributed by atoms with van der Waals surface area (Å²) < 4.78 is 19.4. The molecule has 1 aliphatic heterocycles. The van der Waals surface area contributed by atoms with E-state index in [4.69, 9.17) is 8.83 Å². The Morgan fingerprint density at radius 2 is 1.29 bits per heavy atom. The number of aromatic nitrogens is 1. The van der Waals surface area contributed by atoms with E-state index in [1.165, 1.54) is 80.8 Å².